The Morgan fingerprint density at radius 3 is 2.35 bits per heavy atom. The Bertz CT molecular complexity index is 514. The molecule has 0 bridgehead atoms. The van der Waals surface area contributed by atoms with E-state index in [-0.39, 0.29) is 18.4 Å². The van der Waals surface area contributed by atoms with E-state index in [1.54, 1.807) is 39.0 Å². The third-order valence-corrected chi connectivity index (χ3v) is 3.32. The summed E-state index contributed by atoms with van der Waals surface area (Å²) >= 11 is 5.92. The lowest BCUT2D eigenvalue weighted by atomic mass is 10.1. The van der Waals surface area contributed by atoms with Crippen LogP contribution in [0.15, 0.2) is 18.2 Å². The van der Waals surface area contributed by atoms with Crippen molar-refractivity contribution in [1.82, 2.24) is 0 Å². The van der Waals surface area contributed by atoms with Gasteiger partial charge in [0.2, 0.25) is 5.91 Å². The van der Waals surface area contributed by atoms with Crippen molar-refractivity contribution in [1.29, 1.82) is 0 Å². The molecule has 1 aromatic carbocycles. The first kappa shape index (κ1) is 16.5. The Hall–Kier alpha value is -1.55. The maximum atomic E-state index is 12.3. The van der Waals surface area contributed by atoms with Crippen LogP contribution in [0.1, 0.15) is 26.3 Å². The van der Waals surface area contributed by atoms with Crippen LogP contribution in [0.4, 0.5) is 5.69 Å². The minimum Gasteiger partial charge on any atom is -0.481 e. The molecule has 1 rings (SSSR count). The van der Waals surface area contributed by atoms with Crippen molar-refractivity contribution in [2.24, 2.45) is 11.8 Å². The number of rotatable bonds is 5. The maximum Gasteiger partial charge on any atom is 0.308 e. The number of carbonyl (C=O) groups excluding carboxylic acids is 1. The van der Waals surface area contributed by atoms with Gasteiger partial charge in [0.1, 0.15) is 0 Å². The zero-order chi connectivity index (χ0) is 15.4. The van der Waals surface area contributed by atoms with Gasteiger partial charge in [0.25, 0.3) is 0 Å². The molecule has 20 heavy (non-hydrogen) atoms. The summed E-state index contributed by atoms with van der Waals surface area (Å²) in [4.78, 5) is 24.9. The van der Waals surface area contributed by atoms with Crippen LogP contribution in [-0.2, 0) is 9.59 Å². The molecule has 1 amide bonds. The van der Waals surface area contributed by atoms with E-state index in [2.05, 4.69) is 0 Å². The quantitative estimate of drug-likeness (QED) is 0.906. The van der Waals surface area contributed by atoms with E-state index < -0.39 is 11.9 Å². The molecule has 0 aromatic heterocycles. The number of benzene rings is 1. The summed E-state index contributed by atoms with van der Waals surface area (Å²) in [6.07, 6.45) is 0. The van der Waals surface area contributed by atoms with Crippen molar-refractivity contribution in [3.05, 3.63) is 28.8 Å². The predicted octanol–water partition coefficient (Wildman–Crippen LogP) is 3.36. The second-order valence-corrected chi connectivity index (χ2v) is 5.71. The Kier molecular flexibility index (Phi) is 5.57. The fourth-order valence-electron chi connectivity index (χ4n) is 1.89. The lowest BCUT2D eigenvalue weighted by molar-refractivity contribution is -0.140. The maximum absolute atomic E-state index is 12.3. The van der Waals surface area contributed by atoms with E-state index in [1.165, 1.54) is 4.90 Å². The van der Waals surface area contributed by atoms with E-state index in [0.29, 0.717) is 10.7 Å². The fourth-order valence-corrected chi connectivity index (χ4v) is 2.12. The van der Waals surface area contributed by atoms with Crippen LogP contribution in [0.2, 0.25) is 5.02 Å². The highest BCUT2D eigenvalue weighted by Crippen LogP contribution is 2.26. The molecule has 0 saturated carbocycles. The van der Waals surface area contributed by atoms with Crippen molar-refractivity contribution in [3.63, 3.8) is 0 Å². The molecule has 1 unspecified atom stereocenters. The summed E-state index contributed by atoms with van der Waals surface area (Å²) < 4.78 is 0. The summed E-state index contributed by atoms with van der Waals surface area (Å²) in [5.74, 6) is -1.85. The number of carboxylic acid groups (broad SMARTS) is 1. The highest BCUT2D eigenvalue weighted by Gasteiger charge is 2.24. The summed E-state index contributed by atoms with van der Waals surface area (Å²) in [5.41, 5.74) is 1.56. The first-order chi connectivity index (χ1) is 9.23. The zero-order valence-electron chi connectivity index (χ0n) is 12.2. The number of nitrogens with zero attached hydrogens (tertiary/aromatic N) is 1. The molecule has 0 saturated heterocycles. The molecule has 110 valence electrons. The van der Waals surface area contributed by atoms with Gasteiger partial charge in [-0.1, -0.05) is 32.4 Å². The van der Waals surface area contributed by atoms with E-state index in [9.17, 15) is 9.59 Å². The van der Waals surface area contributed by atoms with Crippen LogP contribution < -0.4 is 4.90 Å². The molecular weight excluding hydrogens is 278 g/mol. The van der Waals surface area contributed by atoms with Gasteiger partial charge in [-0.15, -0.1) is 0 Å². The number of carboxylic acids is 1. The van der Waals surface area contributed by atoms with Gasteiger partial charge in [-0.3, -0.25) is 9.59 Å². The standard InChI is InChI=1S/C15H20ClNO3/c1-9(2)14(18)17(8-11(4)15(19)20)13-6-5-12(16)7-10(13)3/h5-7,9,11H,8H2,1-4H3,(H,19,20). The number of anilines is 1. The van der Waals surface area contributed by atoms with Gasteiger partial charge < -0.3 is 10.0 Å². The van der Waals surface area contributed by atoms with E-state index in [1.807, 2.05) is 6.92 Å². The molecule has 0 heterocycles. The largest absolute Gasteiger partial charge is 0.481 e. The predicted molar refractivity (Wildman–Crippen MR) is 80.2 cm³/mol. The van der Waals surface area contributed by atoms with E-state index in [0.717, 1.165) is 5.56 Å². The number of aliphatic carboxylic acids is 1. The van der Waals surface area contributed by atoms with Crippen molar-refractivity contribution in [3.8, 4) is 0 Å². The number of halogens is 1. The van der Waals surface area contributed by atoms with Crippen LogP contribution in [0.5, 0.6) is 0 Å². The van der Waals surface area contributed by atoms with E-state index >= 15 is 0 Å². The second kappa shape index (κ2) is 6.75. The van der Waals surface area contributed by atoms with Gasteiger partial charge in [0, 0.05) is 23.2 Å². The monoisotopic (exact) mass is 297 g/mol. The van der Waals surface area contributed by atoms with Gasteiger partial charge in [-0.2, -0.15) is 0 Å². The third kappa shape index (κ3) is 3.97. The van der Waals surface area contributed by atoms with Gasteiger partial charge in [0.15, 0.2) is 0 Å². The first-order valence-electron chi connectivity index (χ1n) is 6.54. The summed E-state index contributed by atoms with van der Waals surface area (Å²) in [6, 6.07) is 5.23. The molecule has 1 aromatic rings. The van der Waals surface area contributed by atoms with Crippen molar-refractivity contribution >= 4 is 29.2 Å². The van der Waals surface area contributed by atoms with Crippen molar-refractivity contribution in [2.45, 2.75) is 27.7 Å². The molecule has 0 spiro atoms. The SMILES string of the molecule is Cc1cc(Cl)ccc1N(CC(C)C(=O)O)C(=O)C(C)C. The second-order valence-electron chi connectivity index (χ2n) is 5.27. The number of carbonyl (C=O) groups is 2. The third-order valence-electron chi connectivity index (χ3n) is 3.09. The van der Waals surface area contributed by atoms with Crippen molar-refractivity contribution in [2.75, 3.05) is 11.4 Å². The smallest absolute Gasteiger partial charge is 0.308 e. The minimum absolute atomic E-state index is 0.0940. The van der Waals surface area contributed by atoms with Crippen LogP contribution in [0.3, 0.4) is 0 Å². The molecule has 4 nitrogen and oxygen atoms in total. The normalized spacial score (nSPS) is 12.3. The first-order valence-corrected chi connectivity index (χ1v) is 6.92. The molecule has 1 atom stereocenters. The molecule has 0 aliphatic carbocycles. The minimum atomic E-state index is -0.918. The van der Waals surface area contributed by atoms with Crippen molar-refractivity contribution < 1.29 is 14.7 Å². The van der Waals surface area contributed by atoms with Gasteiger partial charge in [0.05, 0.1) is 5.92 Å². The van der Waals surface area contributed by atoms with Crippen LogP contribution in [0, 0.1) is 18.8 Å². The highest BCUT2D eigenvalue weighted by molar-refractivity contribution is 6.30. The lowest BCUT2D eigenvalue weighted by Crippen LogP contribution is -2.39. The molecule has 0 radical (unpaired) electrons. The Balaban J connectivity index is 3.16. The molecule has 0 fully saturated rings. The lowest BCUT2D eigenvalue weighted by Gasteiger charge is -2.28. The fraction of sp³-hybridized carbons (Fsp3) is 0.467. The number of hydrogen-bond acceptors (Lipinski definition) is 2. The average molecular weight is 298 g/mol. The molecule has 5 heteroatoms. The van der Waals surface area contributed by atoms with Gasteiger partial charge >= 0.3 is 5.97 Å². The molecule has 1 N–H and O–H groups in total. The molecule has 0 aliphatic heterocycles. The number of hydrogen-bond donors (Lipinski definition) is 1. The highest BCUT2D eigenvalue weighted by atomic mass is 35.5. The zero-order valence-corrected chi connectivity index (χ0v) is 12.9. The van der Waals surface area contributed by atoms with Crippen LogP contribution in [-0.4, -0.2) is 23.5 Å². The number of amides is 1. The summed E-state index contributed by atoms with van der Waals surface area (Å²) in [5, 5.41) is 9.64. The Morgan fingerprint density at radius 2 is 1.90 bits per heavy atom. The summed E-state index contributed by atoms with van der Waals surface area (Å²) in [7, 11) is 0. The molecule has 0 aliphatic rings. The average Bonchev–Trinajstić information content (AvgIpc) is 2.35. The topological polar surface area (TPSA) is 57.6 Å². The Morgan fingerprint density at radius 1 is 1.30 bits per heavy atom. The molecular formula is C15H20ClNO3. The number of aryl methyl sites for hydroxylation is 1. The van der Waals surface area contributed by atoms with Crippen LogP contribution >= 0.6 is 11.6 Å². The summed E-state index contributed by atoms with van der Waals surface area (Å²) in [6.45, 7) is 7.19. The van der Waals surface area contributed by atoms with Gasteiger partial charge in [-0.05, 0) is 30.7 Å². The van der Waals surface area contributed by atoms with Gasteiger partial charge in [-0.25, -0.2) is 0 Å². The Labute approximate surface area is 124 Å². The van der Waals surface area contributed by atoms with E-state index in [4.69, 9.17) is 16.7 Å². The van der Waals surface area contributed by atoms with Crippen LogP contribution in [0.25, 0.3) is 0 Å².